The maximum absolute atomic E-state index is 14.8. The quantitative estimate of drug-likeness (QED) is 0.439. The molecule has 0 aliphatic carbocycles. The SMILES string of the molecule is O=C(c1ccccc1)N1CC2CN(C(=O)c3cc(Cc4nncc5ccccc45)ccc3F)CC2C1. The van der Waals surface area contributed by atoms with E-state index >= 15 is 0 Å². The van der Waals surface area contributed by atoms with Crippen LogP contribution in [0.1, 0.15) is 32.0 Å². The zero-order valence-corrected chi connectivity index (χ0v) is 19.7. The monoisotopic (exact) mass is 480 g/mol. The number of fused-ring (bicyclic) bond motifs is 2. The van der Waals surface area contributed by atoms with Crippen LogP contribution >= 0.6 is 0 Å². The molecule has 7 heteroatoms. The summed E-state index contributed by atoms with van der Waals surface area (Å²) in [7, 11) is 0. The van der Waals surface area contributed by atoms with Gasteiger partial charge in [-0.3, -0.25) is 9.59 Å². The molecule has 36 heavy (non-hydrogen) atoms. The molecule has 0 bridgehead atoms. The van der Waals surface area contributed by atoms with Crippen LogP contribution in [0, 0.1) is 17.7 Å². The first-order valence-electron chi connectivity index (χ1n) is 12.2. The summed E-state index contributed by atoms with van der Waals surface area (Å²) in [6, 6.07) is 21.8. The van der Waals surface area contributed by atoms with Crippen LogP contribution in [0.3, 0.4) is 0 Å². The smallest absolute Gasteiger partial charge is 0.256 e. The van der Waals surface area contributed by atoms with Gasteiger partial charge in [-0.15, -0.1) is 0 Å². The Morgan fingerprint density at radius 1 is 0.833 bits per heavy atom. The maximum Gasteiger partial charge on any atom is 0.256 e. The largest absolute Gasteiger partial charge is 0.338 e. The van der Waals surface area contributed by atoms with E-state index in [2.05, 4.69) is 10.2 Å². The Kier molecular flexibility index (Phi) is 5.68. The third-order valence-corrected chi connectivity index (χ3v) is 7.36. The Balaban J connectivity index is 1.16. The van der Waals surface area contributed by atoms with Crippen LogP contribution in [0.5, 0.6) is 0 Å². The summed E-state index contributed by atoms with van der Waals surface area (Å²) in [4.78, 5) is 29.8. The van der Waals surface area contributed by atoms with Gasteiger partial charge in [0.2, 0.25) is 0 Å². The molecule has 1 aromatic heterocycles. The van der Waals surface area contributed by atoms with Crippen LogP contribution in [-0.2, 0) is 6.42 Å². The molecule has 6 nitrogen and oxygen atoms in total. The van der Waals surface area contributed by atoms with Gasteiger partial charge in [0, 0.05) is 60.8 Å². The molecule has 3 aromatic carbocycles. The number of halogens is 1. The fourth-order valence-electron chi connectivity index (χ4n) is 5.52. The lowest BCUT2D eigenvalue weighted by Gasteiger charge is -2.22. The average Bonchev–Trinajstić information content (AvgIpc) is 3.49. The number of carbonyl (C=O) groups excluding carboxylic acids is 2. The first-order valence-corrected chi connectivity index (χ1v) is 12.2. The van der Waals surface area contributed by atoms with Crippen molar-refractivity contribution >= 4 is 22.6 Å². The summed E-state index contributed by atoms with van der Waals surface area (Å²) in [5, 5.41) is 10.4. The number of rotatable bonds is 4. The van der Waals surface area contributed by atoms with Gasteiger partial charge in [-0.2, -0.15) is 10.2 Å². The third-order valence-electron chi connectivity index (χ3n) is 7.36. The van der Waals surface area contributed by atoms with E-state index in [1.807, 2.05) is 59.5 Å². The van der Waals surface area contributed by atoms with Crippen molar-refractivity contribution in [3.05, 3.63) is 107 Å². The third kappa shape index (κ3) is 4.11. The first-order chi connectivity index (χ1) is 17.6. The number of aromatic nitrogens is 2. The Morgan fingerprint density at radius 2 is 1.50 bits per heavy atom. The highest BCUT2D eigenvalue weighted by Gasteiger charge is 2.43. The summed E-state index contributed by atoms with van der Waals surface area (Å²) >= 11 is 0. The molecule has 6 rings (SSSR count). The lowest BCUT2D eigenvalue weighted by Crippen LogP contribution is -2.36. The van der Waals surface area contributed by atoms with Gasteiger partial charge in [-0.05, 0) is 29.8 Å². The number of hydrogen-bond acceptors (Lipinski definition) is 4. The topological polar surface area (TPSA) is 66.4 Å². The van der Waals surface area contributed by atoms with Gasteiger partial charge in [0.1, 0.15) is 5.82 Å². The van der Waals surface area contributed by atoms with Gasteiger partial charge in [-0.25, -0.2) is 4.39 Å². The van der Waals surface area contributed by atoms with Gasteiger partial charge in [0.25, 0.3) is 11.8 Å². The second-order valence-corrected chi connectivity index (χ2v) is 9.68. The molecule has 180 valence electrons. The van der Waals surface area contributed by atoms with E-state index in [1.54, 1.807) is 23.2 Å². The Hall–Kier alpha value is -4.13. The molecule has 2 atom stereocenters. The number of carbonyl (C=O) groups is 2. The van der Waals surface area contributed by atoms with Gasteiger partial charge in [0.15, 0.2) is 0 Å². The highest BCUT2D eigenvalue weighted by Crippen LogP contribution is 2.33. The standard InChI is InChI=1S/C29H25FN4O2/c30-26-11-10-19(13-27-24-9-5-4-8-21(24)14-31-32-27)12-25(26)29(36)34-17-22-15-33(16-23(22)18-34)28(35)20-6-2-1-3-7-20/h1-12,14,22-23H,13,15-18H2. The van der Waals surface area contributed by atoms with Crippen LogP contribution in [0.15, 0.2) is 79.0 Å². The number of benzene rings is 3. The molecule has 2 saturated heterocycles. The molecule has 3 heterocycles. The average molecular weight is 481 g/mol. The molecule has 2 amide bonds. The van der Waals surface area contributed by atoms with Crippen molar-refractivity contribution in [1.29, 1.82) is 0 Å². The second kappa shape index (κ2) is 9.15. The molecular weight excluding hydrogens is 455 g/mol. The molecular formula is C29H25FN4O2. The number of nitrogens with zero attached hydrogens (tertiary/aromatic N) is 4. The Labute approximate surface area is 208 Å². The van der Waals surface area contributed by atoms with Crippen molar-refractivity contribution in [3.8, 4) is 0 Å². The summed E-state index contributed by atoms with van der Waals surface area (Å²) in [5.74, 6) is -0.379. The van der Waals surface area contributed by atoms with Crippen molar-refractivity contribution in [2.75, 3.05) is 26.2 Å². The fourth-order valence-corrected chi connectivity index (χ4v) is 5.52. The highest BCUT2D eigenvalue weighted by molar-refractivity contribution is 5.96. The predicted octanol–water partition coefficient (Wildman–Crippen LogP) is 4.20. The van der Waals surface area contributed by atoms with Crippen LogP contribution in [0.2, 0.25) is 0 Å². The molecule has 2 aliphatic heterocycles. The Morgan fingerprint density at radius 3 is 2.25 bits per heavy atom. The van der Waals surface area contributed by atoms with Crippen molar-refractivity contribution < 1.29 is 14.0 Å². The maximum atomic E-state index is 14.8. The molecule has 0 spiro atoms. The zero-order chi connectivity index (χ0) is 24.6. The molecule has 2 aliphatic rings. The minimum atomic E-state index is -0.523. The van der Waals surface area contributed by atoms with Crippen molar-refractivity contribution in [3.63, 3.8) is 0 Å². The second-order valence-electron chi connectivity index (χ2n) is 9.68. The molecule has 0 N–H and O–H groups in total. The van der Waals surface area contributed by atoms with Crippen molar-refractivity contribution in [2.45, 2.75) is 6.42 Å². The van der Waals surface area contributed by atoms with Gasteiger partial charge >= 0.3 is 0 Å². The predicted molar refractivity (Wildman–Crippen MR) is 134 cm³/mol. The van der Waals surface area contributed by atoms with E-state index in [0.717, 1.165) is 22.0 Å². The molecule has 2 unspecified atom stereocenters. The first kappa shape index (κ1) is 22.3. The van der Waals surface area contributed by atoms with E-state index in [-0.39, 0.29) is 29.2 Å². The number of hydrogen-bond donors (Lipinski definition) is 0. The van der Waals surface area contributed by atoms with E-state index in [4.69, 9.17) is 0 Å². The molecule has 4 aromatic rings. The molecule has 0 saturated carbocycles. The fraction of sp³-hybridized carbons (Fsp3) is 0.241. The van der Waals surface area contributed by atoms with Gasteiger partial charge in [-0.1, -0.05) is 48.5 Å². The van der Waals surface area contributed by atoms with E-state index in [1.165, 1.54) is 6.07 Å². The molecule has 2 fully saturated rings. The molecule has 0 radical (unpaired) electrons. The summed E-state index contributed by atoms with van der Waals surface area (Å²) in [6.07, 6.45) is 2.17. The van der Waals surface area contributed by atoms with E-state index in [0.29, 0.717) is 38.2 Å². The van der Waals surface area contributed by atoms with Crippen LogP contribution in [-0.4, -0.2) is 58.0 Å². The number of amides is 2. The minimum absolute atomic E-state index is 0.0261. The van der Waals surface area contributed by atoms with Gasteiger partial charge in [0.05, 0.1) is 17.5 Å². The van der Waals surface area contributed by atoms with Crippen molar-refractivity contribution in [2.24, 2.45) is 11.8 Å². The van der Waals surface area contributed by atoms with Crippen LogP contribution < -0.4 is 0 Å². The summed E-state index contributed by atoms with van der Waals surface area (Å²) in [6.45, 7) is 2.29. The summed E-state index contributed by atoms with van der Waals surface area (Å²) in [5.41, 5.74) is 2.36. The van der Waals surface area contributed by atoms with Crippen LogP contribution in [0.4, 0.5) is 4.39 Å². The lowest BCUT2D eigenvalue weighted by atomic mass is 10.0. The van der Waals surface area contributed by atoms with E-state index in [9.17, 15) is 14.0 Å². The zero-order valence-electron chi connectivity index (χ0n) is 19.7. The minimum Gasteiger partial charge on any atom is -0.338 e. The number of likely N-dealkylation sites (tertiary alicyclic amines) is 2. The normalized spacial score (nSPS) is 19.0. The lowest BCUT2D eigenvalue weighted by molar-refractivity contribution is 0.0736. The van der Waals surface area contributed by atoms with Crippen molar-refractivity contribution in [1.82, 2.24) is 20.0 Å². The van der Waals surface area contributed by atoms with E-state index < -0.39 is 5.82 Å². The highest BCUT2D eigenvalue weighted by atomic mass is 19.1. The van der Waals surface area contributed by atoms with Gasteiger partial charge < -0.3 is 9.80 Å². The Bertz CT molecular complexity index is 1440. The van der Waals surface area contributed by atoms with Crippen LogP contribution in [0.25, 0.3) is 10.8 Å². The summed E-state index contributed by atoms with van der Waals surface area (Å²) < 4.78 is 14.8.